The van der Waals surface area contributed by atoms with Gasteiger partial charge in [-0.25, -0.2) is 17.5 Å². The summed E-state index contributed by atoms with van der Waals surface area (Å²) in [6.45, 7) is 2.46. The van der Waals surface area contributed by atoms with Gasteiger partial charge in [0.1, 0.15) is 0 Å². The van der Waals surface area contributed by atoms with Crippen LogP contribution in [0.5, 0.6) is 0 Å². The van der Waals surface area contributed by atoms with Crippen LogP contribution in [0, 0.1) is 11.8 Å². The first kappa shape index (κ1) is 15.7. The molecular weight excluding hydrogens is 314 g/mol. The summed E-state index contributed by atoms with van der Waals surface area (Å²) in [5, 5.41) is 2.84. The second-order valence-corrected chi connectivity index (χ2v) is 9.92. The van der Waals surface area contributed by atoms with Gasteiger partial charge in [0.2, 0.25) is 10.0 Å². The molecule has 0 radical (unpaired) electrons. The lowest BCUT2D eigenvalue weighted by Gasteiger charge is -2.34. The van der Waals surface area contributed by atoms with Crippen LogP contribution in [-0.2, 0) is 10.0 Å². The number of nitrogens with zero attached hydrogens (tertiary/aromatic N) is 2. The minimum Gasteiger partial charge on any atom is -0.335 e. The molecule has 130 valence electrons. The number of hydrogen-bond donors (Lipinski definition) is 1. The third-order valence-electron chi connectivity index (χ3n) is 6.15. The summed E-state index contributed by atoms with van der Waals surface area (Å²) in [4.78, 5) is 14.1. The van der Waals surface area contributed by atoms with Gasteiger partial charge in [-0.15, -0.1) is 0 Å². The van der Waals surface area contributed by atoms with Crippen molar-refractivity contribution in [1.29, 1.82) is 0 Å². The Kier molecular flexibility index (Phi) is 4.04. The second kappa shape index (κ2) is 5.92. The minimum absolute atomic E-state index is 0.00770. The summed E-state index contributed by atoms with van der Waals surface area (Å²) in [5.41, 5.74) is 0. The highest BCUT2D eigenvalue weighted by molar-refractivity contribution is 7.89. The van der Waals surface area contributed by atoms with E-state index in [1.807, 2.05) is 0 Å². The molecular formula is C16H27N3O3S. The largest absolute Gasteiger partial charge is 0.335 e. The normalized spacial score (nSPS) is 35.3. The van der Waals surface area contributed by atoms with Crippen molar-refractivity contribution in [3.8, 4) is 0 Å². The monoisotopic (exact) mass is 341 g/mol. The van der Waals surface area contributed by atoms with Gasteiger partial charge in [-0.1, -0.05) is 0 Å². The van der Waals surface area contributed by atoms with Gasteiger partial charge < -0.3 is 10.2 Å². The Balaban J connectivity index is 1.27. The summed E-state index contributed by atoms with van der Waals surface area (Å²) in [5.74, 6) is 1.72. The number of hydrogen-bond acceptors (Lipinski definition) is 3. The van der Waals surface area contributed by atoms with Gasteiger partial charge in [0, 0.05) is 32.2 Å². The smallest absolute Gasteiger partial charge is 0.317 e. The standard InChI is InChI=1S/C16H27N3O3S/c20-16(17-14-10-12-9-13(12)11-14)18-7-3-15(4-8-18)23(21,22)19-5-1-2-6-19/h12-15H,1-11H2,(H,17,20). The topological polar surface area (TPSA) is 69.7 Å². The molecule has 2 amide bonds. The van der Waals surface area contributed by atoms with Crippen LogP contribution < -0.4 is 5.32 Å². The third-order valence-corrected chi connectivity index (χ3v) is 8.55. The lowest BCUT2D eigenvalue weighted by Crippen LogP contribution is -2.50. The highest BCUT2D eigenvalue weighted by Gasteiger charge is 2.46. The molecule has 0 aromatic heterocycles. The highest BCUT2D eigenvalue weighted by Crippen LogP contribution is 2.51. The van der Waals surface area contributed by atoms with Gasteiger partial charge >= 0.3 is 6.03 Å². The van der Waals surface area contributed by atoms with Crippen LogP contribution in [0.1, 0.15) is 44.9 Å². The van der Waals surface area contributed by atoms with E-state index in [4.69, 9.17) is 0 Å². The molecule has 4 aliphatic rings. The Hall–Kier alpha value is -0.820. The zero-order chi connectivity index (χ0) is 16.0. The van der Waals surface area contributed by atoms with Crippen LogP contribution in [0.15, 0.2) is 0 Å². The van der Waals surface area contributed by atoms with Crippen molar-refractivity contribution in [3.63, 3.8) is 0 Å². The molecule has 0 bridgehead atoms. The number of piperidine rings is 1. The maximum atomic E-state index is 12.6. The van der Waals surface area contributed by atoms with Crippen molar-refractivity contribution in [2.24, 2.45) is 11.8 Å². The maximum absolute atomic E-state index is 12.6. The molecule has 0 aromatic rings. The molecule has 7 heteroatoms. The average Bonchev–Trinajstić information content (AvgIpc) is 2.97. The van der Waals surface area contributed by atoms with Gasteiger partial charge in [-0.2, -0.15) is 0 Å². The SMILES string of the molecule is O=C(NC1CC2CC2C1)N1CCC(S(=O)(=O)N2CCCC2)CC1. The van der Waals surface area contributed by atoms with Gasteiger partial charge in [-0.05, 0) is 56.8 Å². The zero-order valence-electron chi connectivity index (χ0n) is 13.6. The van der Waals surface area contributed by atoms with Crippen molar-refractivity contribution in [2.45, 2.75) is 56.2 Å². The number of fused-ring (bicyclic) bond motifs is 1. The van der Waals surface area contributed by atoms with Crippen molar-refractivity contribution in [3.05, 3.63) is 0 Å². The number of sulfonamides is 1. The van der Waals surface area contributed by atoms with E-state index in [9.17, 15) is 13.2 Å². The summed E-state index contributed by atoms with van der Waals surface area (Å²) in [7, 11) is -3.16. The molecule has 4 fully saturated rings. The van der Waals surface area contributed by atoms with E-state index in [1.165, 1.54) is 6.42 Å². The summed E-state index contributed by atoms with van der Waals surface area (Å²) >= 11 is 0. The number of amides is 2. The average molecular weight is 341 g/mol. The molecule has 2 aliphatic carbocycles. The lowest BCUT2D eigenvalue weighted by atomic mass is 10.1. The molecule has 4 rings (SSSR count). The summed E-state index contributed by atoms with van der Waals surface area (Å²) < 4.78 is 26.8. The zero-order valence-corrected chi connectivity index (χ0v) is 14.4. The minimum atomic E-state index is -3.16. The van der Waals surface area contributed by atoms with Gasteiger partial charge in [0.05, 0.1) is 5.25 Å². The molecule has 2 atom stereocenters. The van der Waals surface area contributed by atoms with E-state index in [2.05, 4.69) is 5.32 Å². The summed E-state index contributed by atoms with van der Waals surface area (Å²) in [6.07, 6.45) is 6.72. The Morgan fingerprint density at radius 1 is 0.913 bits per heavy atom. The van der Waals surface area contributed by atoms with Crippen LogP contribution in [0.3, 0.4) is 0 Å². The van der Waals surface area contributed by atoms with Crippen molar-refractivity contribution in [2.75, 3.05) is 26.2 Å². The number of carbonyl (C=O) groups excluding carboxylic acids is 1. The molecule has 0 aromatic carbocycles. The van der Waals surface area contributed by atoms with Crippen molar-refractivity contribution in [1.82, 2.24) is 14.5 Å². The van der Waals surface area contributed by atoms with E-state index in [1.54, 1.807) is 9.21 Å². The van der Waals surface area contributed by atoms with Gasteiger partial charge in [0.15, 0.2) is 0 Å². The van der Waals surface area contributed by atoms with Gasteiger partial charge in [-0.3, -0.25) is 0 Å². The Morgan fingerprint density at radius 2 is 1.52 bits per heavy atom. The predicted molar refractivity (Wildman–Crippen MR) is 87.5 cm³/mol. The fourth-order valence-corrected chi connectivity index (χ4v) is 6.60. The molecule has 2 aliphatic heterocycles. The third kappa shape index (κ3) is 3.09. The number of urea groups is 1. The van der Waals surface area contributed by atoms with E-state index >= 15 is 0 Å². The van der Waals surface area contributed by atoms with E-state index in [0.717, 1.165) is 37.5 Å². The number of nitrogens with one attached hydrogen (secondary N) is 1. The fourth-order valence-electron chi connectivity index (χ4n) is 4.61. The number of rotatable bonds is 3. The molecule has 23 heavy (non-hydrogen) atoms. The second-order valence-electron chi connectivity index (χ2n) is 7.71. The first-order valence-corrected chi connectivity index (χ1v) is 10.6. The summed E-state index contributed by atoms with van der Waals surface area (Å²) in [6, 6.07) is 0.352. The van der Waals surface area contributed by atoms with E-state index in [-0.39, 0.29) is 11.3 Å². The highest BCUT2D eigenvalue weighted by atomic mass is 32.2. The number of carbonyl (C=O) groups is 1. The maximum Gasteiger partial charge on any atom is 0.317 e. The van der Waals surface area contributed by atoms with Crippen molar-refractivity contribution >= 4 is 16.1 Å². The molecule has 2 saturated carbocycles. The Labute approximate surface area is 138 Å². The first-order chi connectivity index (χ1) is 11.0. The van der Waals surface area contributed by atoms with Crippen LogP contribution in [0.25, 0.3) is 0 Å². The van der Waals surface area contributed by atoms with Crippen molar-refractivity contribution < 1.29 is 13.2 Å². The van der Waals surface area contributed by atoms with E-state index < -0.39 is 10.0 Å². The van der Waals surface area contributed by atoms with Crippen LogP contribution in [-0.4, -0.2) is 61.1 Å². The lowest BCUT2D eigenvalue weighted by molar-refractivity contribution is 0.181. The van der Waals surface area contributed by atoms with E-state index in [0.29, 0.717) is 45.1 Å². The molecule has 2 heterocycles. The molecule has 2 unspecified atom stereocenters. The first-order valence-electron chi connectivity index (χ1n) is 9.08. The Morgan fingerprint density at radius 3 is 2.13 bits per heavy atom. The number of likely N-dealkylation sites (tertiary alicyclic amines) is 1. The molecule has 2 saturated heterocycles. The van der Waals surface area contributed by atoms with Crippen LogP contribution in [0.2, 0.25) is 0 Å². The van der Waals surface area contributed by atoms with Gasteiger partial charge in [0.25, 0.3) is 0 Å². The Bertz CT molecular complexity index is 555. The fraction of sp³-hybridized carbons (Fsp3) is 0.938. The van der Waals surface area contributed by atoms with Crippen LogP contribution in [0.4, 0.5) is 4.79 Å². The molecule has 0 spiro atoms. The molecule has 1 N–H and O–H groups in total. The quantitative estimate of drug-likeness (QED) is 0.843. The molecule has 6 nitrogen and oxygen atoms in total. The predicted octanol–water partition coefficient (Wildman–Crippen LogP) is 1.38. The van der Waals surface area contributed by atoms with Crippen LogP contribution >= 0.6 is 0 Å².